The topological polar surface area (TPSA) is 20.2 Å². The molecule has 60 valence electrons. The zero-order valence-corrected chi connectivity index (χ0v) is 7.65. The monoisotopic (exact) mass is 218 g/mol. The summed E-state index contributed by atoms with van der Waals surface area (Å²) in [5.74, 6) is -0.813. The van der Waals surface area contributed by atoms with Crippen LogP contribution in [0.3, 0.4) is 0 Å². The van der Waals surface area contributed by atoms with Crippen molar-refractivity contribution in [2.75, 3.05) is 0 Å². The van der Waals surface area contributed by atoms with Gasteiger partial charge in [-0.05, 0) is 24.1 Å². The number of hydrogen-bond donors (Lipinski definition) is 1. The Balaban J connectivity index is 3.24. The van der Waals surface area contributed by atoms with E-state index >= 15 is 0 Å². The average molecular weight is 219 g/mol. The molecule has 3 heteroatoms. The van der Waals surface area contributed by atoms with E-state index in [0.29, 0.717) is 16.5 Å². The summed E-state index contributed by atoms with van der Waals surface area (Å²) < 4.78 is 13.4. The van der Waals surface area contributed by atoms with Crippen LogP contribution in [0, 0.1) is 5.82 Å². The zero-order valence-electron chi connectivity index (χ0n) is 6.06. The minimum atomic E-state index is -0.573. The summed E-state index contributed by atoms with van der Waals surface area (Å²) in [6, 6.07) is 2.95. The molecule has 1 nitrogen and oxygen atoms in total. The van der Waals surface area contributed by atoms with Crippen molar-refractivity contribution in [3.8, 4) is 5.75 Å². The molecule has 0 radical (unpaired) electrons. The van der Waals surface area contributed by atoms with Crippen molar-refractivity contribution in [2.45, 2.75) is 13.3 Å². The van der Waals surface area contributed by atoms with Crippen molar-refractivity contribution in [3.63, 3.8) is 0 Å². The van der Waals surface area contributed by atoms with Crippen LogP contribution in [-0.4, -0.2) is 5.11 Å². The minimum absolute atomic E-state index is 0.240. The first-order valence-electron chi connectivity index (χ1n) is 3.32. The highest BCUT2D eigenvalue weighted by Gasteiger charge is 2.06. The van der Waals surface area contributed by atoms with Gasteiger partial charge in [0.25, 0.3) is 0 Å². The van der Waals surface area contributed by atoms with E-state index in [9.17, 15) is 4.39 Å². The molecule has 0 saturated carbocycles. The molecule has 1 aromatic carbocycles. The van der Waals surface area contributed by atoms with Crippen LogP contribution in [0.15, 0.2) is 16.6 Å². The van der Waals surface area contributed by atoms with Gasteiger partial charge in [0, 0.05) is 4.47 Å². The van der Waals surface area contributed by atoms with Gasteiger partial charge in [0.15, 0.2) is 11.6 Å². The predicted molar refractivity (Wildman–Crippen MR) is 45.1 cm³/mol. The Labute approximate surface area is 73.0 Å². The molecule has 11 heavy (non-hydrogen) atoms. The van der Waals surface area contributed by atoms with E-state index in [1.54, 1.807) is 6.07 Å². The number of phenols is 1. The van der Waals surface area contributed by atoms with Crippen LogP contribution in [0.1, 0.15) is 12.5 Å². The third kappa shape index (κ3) is 1.71. The lowest BCUT2D eigenvalue weighted by Gasteiger charge is -2.02. The molecule has 1 rings (SSSR count). The Kier molecular flexibility index (Phi) is 2.49. The Morgan fingerprint density at radius 2 is 2.18 bits per heavy atom. The van der Waals surface area contributed by atoms with Crippen LogP contribution in [0.4, 0.5) is 4.39 Å². The molecule has 0 fully saturated rings. The first-order chi connectivity index (χ1) is 5.15. The van der Waals surface area contributed by atoms with Crippen LogP contribution in [0.25, 0.3) is 0 Å². The van der Waals surface area contributed by atoms with Crippen molar-refractivity contribution in [2.24, 2.45) is 0 Å². The Bertz CT molecular complexity index is 273. The van der Waals surface area contributed by atoms with E-state index < -0.39 is 5.82 Å². The summed E-state index contributed by atoms with van der Waals surface area (Å²) >= 11 is 3.14. The lowest BCUT2D eigenvalue weighted by molar-refractivity contribution is 0.426. The van der Waals surface area contributed by atoms with E-state index in [-0.39, 0.29) is 5.75 Å². The van der Waals surface area contributed by atoms with Gasteiger partial charge in [-0.1, -0.05) is 22.9 Å². The van der Waals surface area contributed by atoms with Crippen molar-refractivity contribution >= 4 is 15.9 Å². The van der Waals surface area contributed by atoms with Crippen LogP contribution in [-0.2, 0) is 6.42 Å². The van der Waals surface area contributed by atoms with Gasteiger partial charge in [-0.3, -0.25) is 0 Å². The van der Waals surface area contributed by atoms with E-state index in [4.69, 9.17) is 5.11 Å². The van der Waals surface area contributed by atoms with E-state index in [1.807, 2.05) is 6.92 Å². The second-order valence-electron chi connectivity index (χ2n) is 2.25. The van der Waals surface area contributed by atoms with Crippen molar-refractivity contribution in [3.05, 3.63) is 28.0 Å². The fraction of sp³-hybridized carbons (Fsp3) is 0.250. The third-order valence-corrected chi connectivity index (χ3v) is 1.95. The average Bonchev–Trinajstić information content (AvgIpc) is 1.96. The van der Waals surface area contributed by atoms with Gasteiger partial charge < -0.3 is 5.11 Å². The van der Waals surface area contributed by atoms with Gasteiger partial charge in [-0.2, -0.15) is 0 Å². The Morgan fingerprint density at radius 3 is 2.73 bits per heavy atom. The SMILES string of the molecule is CCc1cc(Br)cc(F)c1O. The molecule has 0 heterocycles. The summed E-state index contributed by atoms with van der Waals surface area (Å²) in [4.78, 5) is 0. The van der Waals surface area contributed by atoms with Gasteiger partial charge in [0.05, 0.1) is 0 Å². The fourth-order valence-electron chi connectivity index (χ4n) is 0.889. The molecule has 0 aliphatic heterocycles. The van der Waals surface area contributed by atoms with Crippen LogP contribution >= 0.6 is 15.9 Å². The summed E-state index contributed by atoms with van der Waals surface area (Å²) in [6.45, 7) is 1.86. The molecule has 0 aliphatic carbocycles. The largest absolute Gasteiger partial charge is 0.505 e. The highest BCUT2D eigenvalue weighted by Crippen LogP contribution is 2.25. The lowest BCUT2D eigenvalue weighted by Crippen LogP contribution is -1.85. The van der Waals surface area contributed by atoms with Crippen LogP contribution < -0.4 is 0 Å². The van der Waals surface area contributed by atoms with Crippen molar-refractivity contribution in [1.82, 2.24) is 0 Å². The van der Waals surface area contributed by atoms with E-state index in [2.05, 4.69) is 15.9 Å². The molecule has 0 amide bonds. The van der Waals surface area contributed by atoms with Crippen LogP contribution in [0.5, 0.6) is 5.75 Å². The van der Waals surface area contributed by atoms with Crippen molar-refractivity contribution < 1.29 is 9.50 Å². The maximum Gasteiger partial charge on any atom is 0.166 e. The standard InChI is InChI=1S/C8H8BrFO/c1-2-5-3-6(9)4-7(10)8(5)11/h3-4,11H,2H2,1H3. The highest BCUT2D eigenvalue weighted by molar-refractivity contribution is 9.10. The van der Waals surface area contributed by atoms with Gasteiger partial charge in [0.1, 0.15) is 0 Å². The highest BCUT2D eigenvalue weighted by atomic mass is 79.9. The summed E-state index contributed by atoms with van der Waals surface area (Å²) in [5.41, 5.74) is 0.622. The normalized spacial score (nSPS) is 10.1. The molecular formula is C8H8BrFO. The maximum atomic E-state index is 12.7. The quantitative estimate of drug-likeness (QED) is 0.769. The fourth-order valence-corrected chi connectivity index (χ4v) is 1.37. The molecule has 1 aromatic rings. The predicted octanol–water partition coefficient (Wildman–Crippen LogP) is 2.86. The van der Waals surface area contributed by atoms with Gasteiger partial charge in [-0.25, -0.2) is 4.39 Å². The smallest absolute Gasteiger partial charge is 0.166 e. The number of halogens is 2. The number of hydrogen-bond acceptors (Lipinski definition) is 1. The minimum Gasteiger partial charge on any atom is -0.505 e. The van der Waals surface area contributed by atoms with Crippen molar-refractivity contribution in [1.29, 1.82) is 0 Å². The van der Waals surface area contributed by atoms with E-state index in [0.717, 1.165) is 0 Å². The summed E-state index contributed by atoms with van der Waals surface area (Å²) in [5, 5.41) is 9.13. The Hall–Kier alpha value is -0.570. The zero-order chi connectivity index (χ0) is 8.43. The summed E-state index contributed by atoms with van der Waals surface area (Å²) in [6.07, 6.45) is 0.627. The number of phenolic OH excluding ortho intramolecular Hbond substituents is 1. The number of aromatic hydroxyl groups is 1. The molecule has 0 atom stereocenters. The molecule has 1 N–H and O–H groups in total. The molecule has 0 spiro atoms. The first kappa shape index (κ1) is 8.53. The Morgan fingerprint density at radius 1 is 1.55 bits per heavy atom. The molecule has 0 aromatic heterocycles. The van der Waals surface area contributed by atoms with E-state index in [1.165, 1.54) is 6.07 Å². The first-order valence-corrected chi connectivity index (χ1v) is 4.11. The number of aryl methyl sites for hydroxylation is 1. The summed E-state index contributed by atoms with van der Waals surface area (Å²) in [7, 11) is 0. The van der Waals surface area contributed by atoms with Crippen LogP contribution in [0.2, 0.25) is 0 Å². The molecular weight excluding hydrogens is 211 g/mol. The van der Waals surface area contributed by atoms with Gasteiger partial charge >= 0.3 is 0 Å². The number of benzene rings is 1. The lowest BCUT2D eigenvalue weighted by atomic mass is 10.1. The second kappa shape index (κ2) is 3.22. The van der Waals surface area contributed by atoms with Gasteiger partial charge in [-0.15, -0.1) is 0 Å². The molecule has 0 unspecified atom stereocenters. The maximum absolute atomic E-state index is 12.7. The van der Waals surface area contributed by atoms with Gasteiger partial charge in [0.2, 0.25) is 0 Å². The molecule has 0 saturated heterocycles. The molecule has 0 bridgehead atoms. The second-order valence-corrected chi connectivity index (χ2v) is 3.16. The number of rotatable bonds is 1. The third-order valence-electron chi connectivity index (χ3n) is 1.49. The molecule has 0 aliphatic rings.